The number of amides is 1. The molecule has 104 valence electrons. The van der Waals surface area contributed by atoms with Crippen molar-refractivity contribution >= 4 is 11.6 Å². The Morgan fingerprint density at radius 3 is 2.84 bits per heavy atom. The molecule has 0 bridgehead atoms. The zero-order valence-electron chi connectivity index (χ0n) is 10.7. The van der Waals surface area contributed by atoms with Gasteiger partial charge in [0.2, 0.25) is 0 Å². The highest BCUT2D eigenvalue weighted by Crippen LogP contribution is 2.21. The number of hydrogen-bond acceptors (Lipinski definition) is 3. The molecule has 0 aliphatic carbocycles. The molecule has 1 unspecified atom stereocenters. The lowest BCUT2D eigenvalue weighted by Crippen LogP contribution is -2.48. The van der Waals surface area contributed by atoms with Crippen molar-refractivity contribution in [3.8, 4) is 0 Å². The number of hydrogen-bond donors (Lipinski definition) is 1. The Morgan fingerprint density at radius 1 is 1.47 bits per heavy atom. The maximum absolute atomic E-state index is 13.2. The summed E-state index contributed by atoms with van der Waals surface area (Å²) in [7, 11) is 0. The van der Waals surface area contributed by atoms with Gasteiger partial charge in [0, 0.05) is 18.3 Å². The number of morpholine rings is 1. The van der Waals surface area contributed by atoms with Crippen molar-refractivity contribution < 1.29 is 18.3 Å². The normalized spacial score (nSPS) is 19.5. The van der Waals surface area contributed by atoms with Crippen LogP contribution in [0.15, 0.2) is 12.1 Å². The molecule has 2 N–H and O–H groups in total. The molecule has 1 atom stereocenters. The van der Waals surface area contributed by atoms with Gasteiger partial charge in [0.1, 0.15) is 0 Å². The van der Waals surface area contributed by atoms with Crippen molar-refractivity contribution in [2.45, 2.75) is 19.4 Å². The largest absolute Gasteiger partial charge is 0.398 e. The average Bonchev–Trinajstić information content (AvgIpc) is 2.42. The predicted molar refractivity (Wildman–Crippen MR) is 66.7 cm³/mol. The van der Waals surface area contributed by atoms with Crippen LogP contribution in [-0.2, 0) is 4.74 Å². The number of nitrogen functional groups attached to an aromatic ring is 1. The Hall–Kier alpha value is -1.69. The molecule has 2 rings (SSSR count). The number of benzene rings is 1. The van der Waals surface area contributed by atoms with E-state index in [9.17, 15) is 13.6 Å². The summed E-state index contributed by atoms with van der Waals surface area (Å²) >= 11 is 0. The first kappa shape index (κ1) is 13.7. The number of nitrogens with zero attached hydrogens (tertiary/aromatic N) is 1. The smallest absolute Gasteiger partial charge is 0.256 e. The maximum Gasteiger partial charge on any atom is 0.256 e. The van der Waals surface area contributed by atoms with E-state index in [1.165, 1.54) is 0 Å². The summed E-state index contributed by atoms with van der Waals surface area (Å²) in [4.78, 5) is 14.0. The van der Waals surface area contributed by atoms with Gasteiger partial charge in [0.25, 0.3) is 5.91 Å². The van der Waals surface area contributed by atoms with Crippen LogP contribution in [0.2, 0.25) is 0 Å². The minimum Gasteiger partial charge on any atom is -0.398 e. The maximum atomic E-state index is 13.2. The van der Waals surface area contributed by atoms with Crippen LogP contribution in [-0.4, -0.2) is 36.6 Å². The molecule has 1 fully saturated rings. The highest BCUT2D eigenvalue weighted by molar-refractivity contribution is 5.99. The van der Waals surface area contributed by atoms with Gasteiger partial charge in [-0.1, -0.05) is 6.92 Å². The van der Waals surface area contributed by atoms with E-state index in [0.717, 1.165) is 18.6 Å². The Kier molecular flexibility index (Phi) is 3.99. The highest BCUT2D eigenvalue weighted by Gasteiger charge is 2.28. The van der Waals surface area contributed by atoms with Crippen molar-refractivity contribution in [3.05, 3.63) is 29.3 Å². The molecule has 0 radical (unpaired) electrons. The first-order valence-corrected chi connectivity index (χ1v) is 6.17. The molecule has 4 nitrogen and oxygen atoms in total. The fourth-order valence-electron chi connectivity index (χ4n) is 2.16. The van der Waals surface area contributed by atoms with Crippen LogP contribution < -0.4 is 5.73 Å². The Bertz CT molecular complexity index is 494. The SMILES string of the molecule is CCC1COCCN1C(=O)c1cc(F)c(F)cc1N. The lowest BCUT2D eigenvalue weighted by Gasteiger charge is -2.35. The van der Waals surface area contributed by atoms with Crippen LogP contribution in [0.1, 0.15) is 23.7 Å². The summed E-state index contributed by atoms with van der Waals surface area (Å²) in [6, 6.07) is 1.63. The number of anilines is 1. The molecule has 0 spiro atoms. The first-order valence-electron chi connectivity index (χ1n) is 6.17. The lowest BCUT2D eigenvalue weighted by atomic mass is 10.1. The number of nitrogens with two attached hydrogens (primary N) is 1. The molecule has 0 aromatic heterocycles. The van der Waals surface area contributed by atoms with Crippen molar-refractivity contribution in [1.82, 2.24) is 4.90 Å². The van der Waals surface area contributed by atoms with Crippen molar-refractivity contribution in [2.24, 2.45) is 0 Å². The van der Waals surface area contributed by atoms with Crippen molar-refractivity contribution in [2.75, 3.05) is 25.5 Å². The minimum atomic E-state index is -1.07. The highest BCUT2D eigenvalue weighted by atomic mass is 19.2. The molecular formula is C13H16F2N2O2. The van der Waals surface area contributed by atoms with Crippen LogP contribution in [0.4, 0.5) is 14.5 Å². The van der Waals surface area contributed by atoms with E-state index < -0.39 is 11.6 Å². The Labute approximate surface area is 110 Å². The molecule has 19 heavy (non-hydrogen) atoms. The fraction of sp³-hybridized carbons (Fsp3) is 0.462. The third-order valence-corrected chi connectivity index (χ3v) is 3.28. The molecule has 1 aliphatic heterocycles. The summed E-state index contributed by atoms with van der Waals surface area (Å²) in [5.41, 5.74) is 5.55. The third-order valence-electron chi connectivity index (χ3n) is 3.28. The Balaban J connectivity index is 2.30. The number of ether oxygens (including phenoxy) is 1. The topological polar surface area (TPSA) is 55.6 Å². The van der Waals surface area contributed by atoms with Crippen LogP contribution in [0.3, 0.4) is 0 Å². The monoisotopic (exact) mass is 270 g/mol. The molecule has 0 saturated carbocycles. The van der Waals surface area contributed by atoms with Gasteiger partial charge >= 0.3 is 0 Å². The van der Waals surface area contributed by atoms with Crippen LogP contribution >= 0.6 is 0 Å². The molecule has 1 aliphatic rings. The Morgan fingerprint density at radius 2 is 2.16 bits per heavy atom. The summed E-state index contributed by atoms with van der Waals surface area (Å²) < 4.78 is 31.6. The summed E-state index contributed by atoms with van der Waals surface area (Å²) in [6.07, 6.45) is 0.731. The van der Waals surface area contributed by atoms with Gasteiger partial charge in [-0.3, -0.25) is 4.79 Å². The molecule has 1 heterocycles. The van der Waals surface area contributed by atoms with E-state index >= 15 is 0 Å². The van der Waals surface area contributed by atoms with Crippen LogP contribution in [0.25, 0.3) is 0 Å². The van der Waals surface area contributed by atoms with Gasteiger partial charge in [-0.15, -0.1) is 0 Å². The third kappa shape index (κ3) is 2.68. The second-order valence-electron chi connectivity index (χ2n) is 4.49. The van der Waals surface area contributed by atoms with Crippen LogP contribution in [0.5, 0.6) is 0 Å². The number of carbonyl (C=O) groups is 1. The van der Waals surface area contributed by atoms with E-state index in [4.69, 9.17) is 10.5 Å². The van der Waals surface area contributed by atoms with Gasteiger partial charge in [0.15, 0.2) is 11.6 Å². The minimum absolute atomic E-state index is 0.000694. The first-order chi connectivity index (χ1) is 9.04. The zero-order valence-corrected chi connectivity index (χ0v) is 10.7. The number of rotatable bonds is 2. The molecule has 1 aromatic carbocycles. The van der Waals surface area contributed by atoms with E-state index in [1.54, 1.807) is 4.90 Å². The van der Waals surface area contributed by atoms with Crippen molar-refractivity contribution in [3.63, 3.8) is 0 Å². The summed E-state index contributed by atoms with van der Waals surface area (Å²) in [6.45, 7) is 3.25. The fourth-order valence-corrected chi connectivity index (χ4v) is 2.16. The standard InChI is InChI=1S/C13H16F2N2O2/c1-2-8-7-19-4-3-17(8)13(18)9-5-10(14)11(15)6-12(9)16/h5-6,8H,2-4,7,16H2,1H3. The van der Waals surface area contributed by atoms with E-state index in [-0.39, 0.29) is 23.2 Å². The second kappa shape index (κ2) is 5.52. The van der Waals surface area contributed by atoms with Crippen LogP contribution in [0, 0.1) is 11.6 Å². The molecule has 6 heteroatoms. The van der Waals surface area contributed by atoms with Gasteiger partial charge in [0.05, 0.1) is 24.8 Å². The van der Waals surface area contributed by atoms with Gasteiger partial charge in [-0.2, -0.15) is 0 Å². The van der Waals surface area contributed by atoms with Gasteiger partial charge < -0.3 is 15.4 Å². The average molecular weight is 270 g/mol. The van der Waals surface area contributed by atoms with Crippen molar-refractivity contribution in [1.29, 1.82) is 0 Å². The second-order valence-corrected chi connectivity index (χ2v) is 4.49. The van der Waals surface area contributed by atoms with E-state index in [0.29, 0.717) is 19.8 Å². The molecular weight excluding hydrogens is 254 g/mol. The summed E-state index contributed by atoms with van der Waals surface area (Å²) in [5, 5.41) is 0. The van der Waals surface area contributed by atoms with E-state index in [1.807, 2.05) is 6.92 Å². The molecule has 1 amide bonds. The van der Waals surface area contributed by atoms with Gasteiger partial charge in [-0.05, 0) is 12.5 Å². The zero-order chi connectivity index (χ0) is 14.0. The summed E-state index contributed by atoms with van der Waals surface area (Å²) in [5.74, 6) is -2.51. The number of carbonyl (C=O) groups excluding carboxylic acids is 1. The van der Waals surface area contributed by atoms with E-state index in [2.05, 4.69) is 0 Å². The predicted octanol–water partition coefficient (Wildman–Crippen LogP) is 1.80. The lowest BCUT2D eigenvalue weighted by molar-refractivity contribution is -0.00276. The quantitative estimate of drug-likeness (QED) is 0.834. The number of halogens is 2. The van der Waals surface area contributed by atoms with Gasteiger partial charge in [-0.25, -0.2) is 8.78 Å². The molecule has 1 saturated heterocycles. The molecule has 1 aromatic rings.